The monoisotopic (exact) mass is 335 g/mol. The Kier molecular flexibility index (Phi) is 5.00. The van der Waals surface area contributed by atoms with Crippen LogP contribution >= 0.6 is 15.9 Å². The van der Waals surface area contributed by atoms with Crippen LogP contribution in [0.2, 0.25) is 0 Å². The summed E-state index contributed by atoms with van der Waals surface area (Å²) < 4.78 is 3.07. The largest absolute Gasteiger partial charge is 0.313 e. The van der Waals surface area contributed by atoms with Gasteiger partial charge in [0.05, 0.1) is 6.20 Å². The molecule has 4 heteroatoms. The lowest BCUT2D eigenvalue weighted by molar-refractivity contribution is 0.548. The van der Waals surface area contributed by atoms with E-state index in [4.69, 9.17) is 0 Å². The average Bonchev–Trinajstić information content (AvgIpc) is 2.82. The summed E-state index contributed by atoms with van der Waals surface area (Å²) in [5.41, 5.74) is 5.23. The Bertz CT molecular complexity index is 566. The maximum Gasteiger partial charge on any atom is 0.0521 e. The first-order valence-electron chi connectivity index (χ1n) is 6.92. The summed E-state index contributed by atoms with van der Waals surface area (Å²) in [6.07, 6.45) is 6.14. The molecule has 1 atom stereocenters. The molecule has 0 saturated carbocycles. The number of hydrogen-bond acceptors (Lipinski definition) is 2. The van der Waals surface area contributed by atoms with E-state index in [1.807, 2.05) is 25.0 Å². The molecule has 1 heterocycles. The van der Waals surface area contributed by atoms with Gasteiger partial charge in [-0.25, -0.2) is 0 Å². The minimum atomic E-state index is 0.376. The molecule has 0 aliphatic rings. The third-order valence-corrected chi connectivity index (χ3v) is 4.94. The highest BCUT2D eigenvalue weighted by Crippen LogP contribution is 2.27. The molecule has 20 heavy (non-hydrogen) atoms. The first-order chi connectivity index (χ1) is 9.51. The summed E-state index contributed by atoms with van der Waals surface area (Å²) in [6.45, 7) is 4.29. The fourth-order valence-electron chi connectivity index (χ4n) is 2.57. The van der Waals surface area contributed by atoms with E-state index in [-0.39, 0.29) is 0 Å². The Balaban J connectivity index is 2.12. The van der Waals surface area contributed by atoms with Gasteiger partial charge in [0.25, 0.3) is 0 Å². The van der Waals surface area contributed by atoms with Gasteiger partial charge >= 0.3 is 0 Å². The molecule has 108 valence electrons. The highest BCUT2D eigenvalue weighted by Gasteiger charge is 2.12. The Morgan fingerprint density at radius 1 is 1.30 bits per heavy atom. The number of halogens is 1. The van der Waals surface area contributed by atoms with Crippen molar-refractivity contribution in [2.24, 2.45) is 7.05 Å². The van der Waals surface area contributed by atoms with Crippen LogP contribution in [0, 0.1) is 13.8 Å². The first kappa shape index (κ1) is 15.3. The van der Waals surface area contributed by atoms with E-state index in [0.29, 0.717) is 6.04 Å². The normalized spacial score (nSPS) is 12.7. The van der Waals surface area contributed by atoms with Gasteiger partial charge in [-0.2, -0.15) is 5.10 Å². The topological polar surface area (TPSA) is 29.9 Å². The van der Waals surface area contributed by atoms with E-state index in [1.165, 1.54) is 26.7 Å². The molecule has 0 radical (unpaired) electrons. The maximum absolute atomic E-state index is 4.22. The lowest BCUT2D eigenvalue weighted by Crippen LogP contribution is -2.17. The number of nitrogens with one attached hydrogen (secondary N) is 1. The lowest BCUT2D eigenvalue weighted by atomic mass is 9.97. The second-order valence-electron chi connectivity index (χ2n) is 5.37. The van der Waals surface area contributed by atoms with E-state index in [1.54, 1.807) is 0 Å². The molecule has 0 aliphatic heterocycles. The average molecular weight is 336 g/mol. The third-order valence-electron chi connectivity index (χ3n) is 3.69. The number of benzene rings is 1. The Labute approximate surface area is 129 Å². The maximum atomic E-state index is 4.22. The van der Waals surface area contributed by atoms with Gasteiger partial charge in [-0.15, -0.1) is 0 Å². The number of nitrogens with zero attached hydrogens (tertiary/aromatic N) is 2. The molecule has 2 aromatic rings. The van der Waals surface area contributed by atoms with Crippen LogP contribution in [0.4, 0.5) is 0 Å². The van der Waals surface area contributed by atoms with Crippen LogP contribution in [0.1, 0.15) is 34.7 Å². The summed E-state index contributed by atoms with van der Waals surface area (Å²) in [5, 5.41) is 7.65. The van der Waals surface area contributed by atoms with Gasteiger partial charge in [0.1, 0.15) is 0 Å². The van der Waals surface area contributed by atoms with Gasteiger partial charge in [0, 0.05) is 23.8 Å². The van der Waals surface area contributed by atoms with Crippen molar-refractivity contribution in [2.75, 3.05) is 7.05 Å². The van der Waals surface area contributed by atoms with Gasteiger partial charge in [0.2, 0.25) is 0 Å². The Morgan fingerprint density at radius 3 is 2.45 bits per heavy atom. The minimum absolute atomic E-state index is 0.376. The van der Waals surface area contributed by atoms with Crippen molar-refractivity contribution in [1.82, 2.24) is 15.1 Å². The SMILES string of the molecule is CNC(CCc1cnn(C)c1)c1cc(C)c(Br)c(C)c1. The van der Waals surface area contributed by atoms with Crippen molar-refractivity contribution in [3.63, 3.8) is 0 Å². The van der Waals surface area contributed by atoms with Crippen molar-refractivity contribution >= 4 is 15.9 Å². The highest BCUT2D eigenvalue weighted by molar-refractivity contribution is 9.10. The predicted molar refractivity (Wildman–Crippen MR) is 86.9 cm³/mol. The third kappa shape index (κ3) is 3.49. The molecule has 0 saturated heterocycles. The van der Waals surface area contributed by atoms with Crippen LogP contribution in [-0.2, 0) is 13.5 Å². The van der Waals surface area contributed by atoms with E-state index in [0.717, 1.165) is 12.8 Å². The van der Waals surface area contributed by atoms with Crippen LogP contribution in [0.3, 0.4) is 0 Å². The fourth-order valence-corrected chi connectivity index (χ4v) is 2.80. The Hall–Kier alpha value is -1.13. The number of rotatable bonds is 5. The molecule has 0 aliphatic carbocycles. The molecular formula is C16H22BrN3. The van der Waals surface area contributed by atoms with Crippen molar-refractivity contribution < 1.29 is 0 Å². The molecule has 1 aromatic heterocycles. The molecule has 0 fully saturated rings. The zero-order valence-corrected chi connectivity index (χ0v) is 14.2. The summed E-state index contributed by atoms with van der Waals surface area (Å²) in [4.78, 5) is 0. The standard InChI is InChI=1S/C16H22BrN3/c1-11-7-14(8-12(2)16(11)17)15(18-3)6-5-13-9-19-20(4)10-13/h7-10,15,18H,5-6H2,1-4H3. The van der Waals surface area contributed by atoms with Crippen molar-refractivity contribution in [3.8, 4) is 0 Å². The van der Waals surface area contributed by atoms with Gasteiger partial charge in [-0.3, -0.25) is 4.68 Å². The molecule has 2 rings (SSSR count). The minimum Gasteiger partial charge on any atom is -0.313 e. The molecule has 1 unspecified atom stereocenters. The van der Waals surface area contributed by atoms with E-state index in [2.05, 4.69) is 58.5 Å². The smallest absolute Gasteiger partial charge is 0.0521 e. The molecule has 1 N–H and O–H groups in total. The molecular weight excluding hydrogens is 314 g/mol. The van der Waals surface area contributed by atoms with E-state index < -0.39 is 0 Å². The summed E-state index contributed by atoms with van der Waals surface area (Å²) in [5.74, 6) is 0. The fraction of sp³-hybridized carbons (Fsp3) is 0.438. The summed E-state index contributed by atoms with van der Waals surface area (Å²) in [7, 11) is 3.99. The van der Waals surface area contributed by atoms with Gasteiger partial charge < -0.3 is 5.32 Å². The molecule has 3 nitrogen and oxygen atoms in total. The second kappa shape index (κ2) is 6.55. The lowest BCUT2D eigenvalue weighted by Gasteiger charge is -2.18. The van der Waals surface area contributed by atoms with Crippen molar-refractivity contribution in [2.45, 2.75) is 32.7 Å². The van der Waals surface area contributed by atoms with Crippen molar-refractivity contribution in [1.29, 1.82) is 0 Å². The second-order valence-corrected chi connectivity index (χ2v) is 6.16. The quantitative estimate of drug-likeness (QED) is 0.902. The van der Waals surface area contributed by atoms with Gasteiger partial charge in [-0.1, -0.05) is 28.1 Å². The molecule has 1 aromatic carbocycles. The van der Waals surface area contributed by atoms with Crippen LogP contribution in [-0.4, -0.2) is 16.8 Å². The van der Waals surface area contributed by atoms with E-state index in [9.17, 15) is 0 Å². The molecule has 0 amide bonds. The van der Waals surface area contributed by atoms with E-state index >= 15 is 0 Å². The zero-order chi connectivity index (χ0) is 14.7. The first-order valence-corrected chi connectivity index (χ1v) is 7.72. The van der Waals surface area contributed by atoms with Crippen LogP contribution < -0.4 is 5.32 Å². The number of aryl methyl sites for hydroxylation is 4. The summed E-state index contributed by atoms with van der Waals surface area (Å²) in [6, 6.07) is 4.91. The predicted octanol–water partition coefficient (Wildman–Crippen LogP) is 3.69. The highest BCUT2D eigenvalue weighted by atomic mass is 79.9. The number of hydrogen-bond donors (Lipinski definition) is 1. The molecule has 0 spiro atoms. The van der Waals surface area contributed by atoms with Crippen LogP contribution in [0.15, 0.2) is 29.0 Å². The zero-order valence-electron chi connectivity index (χ0n) is 12.6. The van der Waals surface area contributed by atoms with Crippen LogP contribution in [0.5, 0.6) is 0 Å². The van der Waals surface area contributed by atoms with Gasteiger partial charge in [-0.05, 0) is 56.0 Å². The van der Waals surface area contributed by atoms with Gasteiger partial charge in [0.15, 0.2) is 0 Å². The Morgan fingerprint density at radius 2 is 1.95 bits per heavy atom. The van der Waals surface area contributed by atoms with Crippen molar-refractivity contribution in [3.05, 3.63) is 51.3 Å². The van der Waals surface area contributed by atoms with Crippen LogP contribution in [0.25, 0.3) is 0 Å². The molecule has 0 bridgehead atoms. The summed E-state index contributed by atoms with van der Waals surface area (Å²) >= 11 is 3.63. The number of aromatic nitrogens is 2.